The Morgan fingerprint density at radius 2 is 2.29 bits per heavy atom. The van der Waals surface area contributed by atoms with Gasteiger partial charge in [0, 0.05) is 6.07 Å². The highest BCUT2D eigenvalue weighted by molar-refractivity contribution is 5.97. The second-order valence-corrected chi connectivity index (χ2v) is 3.29. The first-order valence-corrected chi connectivity index (χ1v) is 4.72. The third-order valence-corrected chi connectivity index (χ3v) is 2.46. The molecule has 0 saturated carbocycles. The summed E-state index contributed by atoms with van der Waals surface area (Å²) < 4.78 is 0. The van der Waals surface area contributed by atoms with Crippen LogP contribution in [0.5, 0.6) is 0 Å². The van der Waals surface area contributed by atoms with Crippen LogP contribution in [0.2, 0.25) is 0 Å². The molecule has 5 heteroatoms. The Hall–Kier alpha value is -1.36. The maximum atomic E-state index is 11.7. The minimum atomic E-state index is -0.787. The number of hydrogen-bond donors (Lipinski definition) is 3. The Labute approximate surface area is 83.1 Å². The fourth-order valence-electron chi connectivity index (χ4n) is 1.14. The zero-order chi connectivity index (χ0) is 10.6. The Morgan fingerprint density at radius 3 is 2.71 bits per heavy atom. The van der Waals surface area contributed by atoms with Crippen LogP contribution in [0.3, 0.4) is 0 Å². The van der Waals surface area contributed by atoms with E-state index in [1.807, 2.05) is 13.8 Å². The van der Waals surface area contributed by atoms with Crippen molar-refractivity contribution in [2.45, 2.75) is 32.2 Å². The number of hydrogen-bond acceptors (Lipinski definition) is 3. The first-order valence-electron chi connectivity index (χ1n) is 4.72. The van der Waals surface area contributed by atoms with Gasteiger partial charge < -0.3 is 11.1 Å². The molecule has 0 fully saturated rings. The van der Waals surface area contributed by atoms with Crippen molar-refractivity contribution in [2.24, 2.45) is 5.73 Å². The van der Waals surface area contributed by atoms with Gasteiger partial charge in [0.1, 0.15) is 5.82 Å². The average Bonchev–Trinajstić information content (AvgIpc) is 2.69. The van der Waals surface area contributed by atoms with E-state index < -0.39 is 5.54 Å². The second kappa shape index (κ2) is 4.23. The predicted octanol–water partition coefficient (Wildman–Crippen LogP) is 0.866. The Balaban J connectivity index is 2.66. The molecule has 0 unspecified atom stereocenters. The van der Waals surface area contributed by atoms with Crippen LogP contribution >= 0.6 is 0 Å². The molecule has 0 aliphatic heterocycles. The first kappa shape index (κ1) is 10.7. The first-order chi connectivity index (χ1) is 6.62. The lowest BCUT2D eigenvalue weighted by molar-refractivity contribution is -0.121. The lowest BCUT2D eigenvalue weighted by Gasteiger charge is -2.24. The molecule has 0 aliphatic carbocycles. The molecule has 4 N–H and O–H groups in total. The molecule has 78 valence electrons. The third-order valence-electron chi connectivity index (χ3n) is 2.46. The second-order valence-electron chi connectivity index (χ2n) is 3.29. The van der Waals surface area contributed by atoms with E-state index in [9.17, 15) is 4.79 Å². The molecule has 0 radical (unpaired) electrons. The minimum Gasteiger partial charge on any atom is -0.317 e. The summed E-state index contributed by atoms with van der Waals surface area (Å²) in [5, 5.41) is 9.06. The summed E-state index contributed by atoms with van der Waals surface area (Å²) in [4.78, 5) is 11.7. The predicted molar refractivity (Wildman–Crippen MR) is 54.7 cm³/mol. The lowest BCUT2D eigenvalue weighted by atomic mass is 9.93. The summed E-state index contributed by atoms with van der Waals surface area (Å²) in [6, 6.07) is 1.68. The standard InChI is InChI=1S/C9H16N4O/c1-3-9(10,4-2)8(14)12-7-5-6-11-13-7/h5-6H,3-4,10H2,1-2H3,(H2,11,12,13,14). The van der Waals surface area contributed by atoms with Gasteiger partial charge >= 0.3 is 0 Å². The molecular formula is C9H16N4O. The van der Waals surface area contributed by atoms with Gasteiger partial charge in [0.25, 0.3) is 0 Å². The highest BCUT2D eigenvalue weighted by Gasteiger charge is 2.29. The Bertz CT molecular complexity index is 290. The number of carbonyl (C=O) groups excluding carboxylic acids is 1. The summed E-state index contributed by atoms with van der Waals surface area (Å²) >= 11 is 0. The van der Waals surface area contributed by atoms with E-state index in [1.165, 1.54) is 0 Å². The fraction of sp³-hybridized carbons (Fsp3) is 0.556. The molecule has 0 aromatic carbocycles. The van der Waals surface area contributed by atoms with Crippen LogP contribution in [0.25, 0.3) is 0 Å². The molecule has 1 amide bonds. The van der Waals surface area contributed by atoms with E-state index in [1.54, 1.807) is 12.3 Å². The van der Waals surface area contributed by atoms with Gasteiger partial charge in [0.15, 0.2) is 0 Å². The van der Waals surface area contributed by atoms with Gasteiger partial charge in [-0.1, -0.05) is 13.8 Å². The Kier molecular flexibility index (Phi) is 3.24. The summed E-state index contributed by atoms with van der Waals surface area (Å²) in [6.45, 7) is 3.80. The van der Waals surface area contributed by atoms with E-state index in [0.717, 1.165) is 0 Å². The maximum absolute atomic E-state index is 11.7. The summed E-state index contributed by atoms with van der Waals surface area (Å²) in [7, 11) is 0. The van der Waals surface area contributed by atoms with Crippen molar-refractivity contribution in [2.75, 3.05) is 5.32 Å². The molecule has 1 aromatic heterocycles. The fourth-order valence-corrected chi connectivity index (χ4v) is 1.14. The number of amides is 1. The zero-order valence-corrected chi connectivity index (χ0v) is 8.50. The summed E-state index contributed by atoms with van der Waals surface area (Å²) in [6.07, 6.45) is 2.80. The van der Waals surface area contributed by atoms with Gasteiger partial charge in [-0.3, -0.25) is 9.89 Å². The van der Waals surface area contributed by atoms with Crippen LogP contribution < -0.4 is 11.1 Å². The van der Waals surface area contributed by atoms with Crippen molar-refractivity contribution >= 4 is 11.7 Å². The quantitative estimate of drug-likeness (QED) is 0.668. The molecule has 14 heavy (non-hydrogen) atoms. The average molecular weight is 196 g/mol. The van der Waals surface area contributed by atoms with Gasteiger partial charge in [-0.25, -0.2) is 0 Å². The van der Waals surface area contributed by atoms with Crippen molar-refractivity contribution in [1.82, 2.24) is 10.2 Å². The molecule has 0 saturated heterocycles. The molecule has 0 bridgehead atoms. The SMILES string of the molecule is CCC(N)(CC)C(=O)Nc1ccn[nH]1. The number of nitrogens with two attached hydrogens (primary N) is 1. The van der Waals surface area contributed by atoms with E-state index in [0.29, 0.717) is 18.7 Å². The number of H-pyrrole nitrogens is 1. The number of aromatic amines is 1. The van der Waals surface area contributed by atoms with Crippen molar-refractivity contribution in [1.29, 1.82) is 0 Å². The number of nitrogens with zero attached hydrogens (tertiary/aromatic N) is 1. The van der Waals surface area contributed by atoms with Crippen LogP contribution in [-0.2, 0) is 4.79 Å². The molecular weight excluding hydrogens is 180 g/mol. The van der Waals surface area contributed by atoms with Crippen LogP contribution in [0, 0.1) is 0 Å². The van der Waals surface area contributed by atoms with Gasteiger partial charge in [-0.15, -0.1) is 0 Å². The van der Waals surface area contributed by atoms with Gasteiger partial charge in [0.05, 0.1) is 11.7 Å². The van der Waals surface area contributed by atoms with Crippen molar-refractivity contribution in [3.63, 3.8) is 0 Å². The van der Waals surface area contributed by atoms with E-state index in [4.69, 9.17) is 5.73 Å². The highest BCUT2D eigenvalue weighted by atomic mass is 16.2. The molecule has 0 atom stereocenters. The number of aromatic nitrogens is 2. The Morgan fingerprint density at radius 1 is 1.64 bits per heavy atom. The van der Waals surface area contributed by atoms with Gasteiger partial charge in [-0.2, -0.15) is 5.10 Å². The normalized spacial score (nSPS) is 11.4. The molecule has 1 heterocycles. The minimum absolute atomic E-state index is 0.174. The summed E-state index contributed by atoms with van der Waals surface area (Å²) in [5.74, 6) is 0.401. The molecule has 1 aromatic rings. The number of anilines is 1. The van der Waals surface area contributed by atoms with E-state index in [2.05, 4.69) is 15.5 Å². The molecule has 0 aliphatic rings. The van der Waals surface area contributed by atoms with Crippen molar-refractivity contribution in [3.8, 4) is 0 Å². The van der Waals surface area contributed by atoms with Crippen LogP contribution in [0.4, 0.5) is 5.82 Å². The lowest BCUT2D eigenvalue weighted by Crippen LogP contribution is -2.50. The number of carbonyl (C=O) groups is 1. The van der Waals surface area contributed by atoms with Crippen molar-refractivity contribution in [3.05, 3.63) is 12.3 Å². The smallest absolute Gasteiger partial charge is 0.245 e. The van der Waals surface area contributed by atoms with Crippen molar-refractivity contribution < 1.29 is 4.79 Å². The topological polar surface area (TPSA) is 83.8 Å². The largest absolute Gasteiger partial charge is 0.317 e. The molecule has 1 rings (SSSR count). The molecule has 5 nitrogen and oxygen atoms in total. The van der Waals surface area contributed by atoms with Gasteiger partial charge in [-0.05, 0) is 12.8 Å². The number of rotatable bonds is 4. The highest BCUT2D eigenvalue weighted by Crippen LogP contribution is 2.13. The van der Waals surface area contributed by atoms with Crippen LogP contribution in [0.1, 0.15) is 26.7 Å². The van der Waals surface area contributed by atoms with Crippen LogP contribution in [-0.4, -0.2) is 21.6 Å². The van der Waals surface area contributed by atoms with Gasteiger partial charge in [0.2, 0.25) is 5.91 Å². The number of nitrogens with one attached hydrogen (secondary N) is 2. The van der Waals surface area contributed by atoms with E-state index in [-0.39, 0.29) is 5.91 Å². The maximum Gasteiger partial charge on any atom is 0.245 e. The van der Waals surface area contributed by atoms with Crippen LogP contribution in [0.15, 0.2) is 12.3 Å². The zero-order valence-electron chi connectivity index (χ0n) is 8.50. The summed E-state index contributed by atoms with van der Waals surface area (Å²) in [5.41, 5.74) is 5.12. The monoisotopic (exact) mass is 196 g/mol. The van der Waals surface area contributed by atoms with E-state index >= 15 is 0 Å². The third kappa shape index (κ3) is 2.11. The molecule has 0 spiro atoms.